The number of carbonyl (C=O) groups is 2. The van der Waals surface area contributed by atoms with Crippen molar-refractivity contribution in [1.82, 2.24) is 14.9 Å². The molecule has 2 N–H and O–H groups in total. The topological polar surface area (TPSA) is 84.2 Å². The third-order valence-electron chi connectivity index (χ3n) is 8.22. The normalized spacial score (nSPS) is 12.3. The number of pyridine rings is 1. The van der Waals surface area contributed by atoms with Gasteiger partial charge in [-0.3, -0.25) is 4.79 Å². The van der Waals surface area contributed by atoms with Crippen LogP contribution >= 0.6 is 11.6 Å². The summed E-state index contributed by atoms with van der Waals surface area (Å²) in [4.78, 5) is 29.2. The van der Waals surface area contributed by atoms with Crippen molar-refractivity contribution in [3.8, 4) is 11.1 Å². The number of amides is 1. The quantitative estimate of drug-likeness (QED) is 0.185. The van der Waals surface area contributed by atoms with E-state index in [1.54, 1.807) is 18.3 Å². The summed E-state index contributed by atoms with van der Waals surface area (Å²) in [6.45, 7) is 13.1. The number of benzene rings is 3. The van der Waals surface area contributed by atoms with E-state index in [1.807, 2.05) is 55.5 Å². The first-order valence-electron chi connectivity index (χ1n) is 14.3. The summed E-state index contributed by atoms with van der Waals surface area (Å²) in [6.07, 6.45) is 1.67. The first-order valence-corrected chi connectivity index (χ1v) is 14.7. The fraction of sp³-hybridized carbons (Fsp3) is 0.250. The lowest BCUT2D eigenvalue weighted by molar-refractivity contribution is 0.0697. The number of carboxylic acid groups (broad SMARTS) is 1. The smallest absolute Gasteiger partial charge is 0.336 e. The van der Waals surface area contributed by atoms with Gasteiger partial charge < -0.3 is 15.0 Å². The second kappa shape index (κ2) is 11.7. The summed E-state index contributed by atoms with van der Waals surface area (Å²) in [5, 5.41) is 14.3. The number of carboxylic acids is 1. The van der Waals surface area contributed by atoms with Gasteiger partial charge >= 0.3 is 5.97 Å². The summed E-state index contributed by atoms with van der Waals surface area (Å²) in [5.41, 5.74) is 8.76. The Kier molecular flexibility index (Phi) is 8.17. The Morgan fingerprint density at radius 1 is 0.977 bits per heavy atom. The number of hydrogen-bond acceptors (Lipinski definition) is 3. The second-order valence-electron chi connectivity index (χ2n) is 12.2. The largest absolute Gasteiger partial charge is 0.478 e. The van der Waals surface area contributed by atoms with Crippen LogP contribution in [0, 0.1) is 13.8 Å². The second-order valence-corrected chi connectivity index (χ2v) is 12.5. The zero-order chi connectivity index (χ0) is 31.1. The van der Waals surface area contributed by atoms with Gasteiger partial charge in [0.25, 0.3) is 5.91 Å². The molecule has 5 aromatic rings. The van der Waals surface area contributed by atoms with Gasteiger partial charge in [0.05, 0.1) is 11.6 Å². The maximum atomic E-state index is 13.1. The predicted molar refractivity (Wildman–Crippen MR) is 173 cm³/mol. The minimum absolute atomic E-state index is 0.0937. The van der Waals surface area contributed by atoms with Crippen molar-refractivity contribution in [3.63, 3.8) is 0 Å². The molecule has 0 aliphatic heterocycles. The minimum atomic E-state index is -0.936. The molecular formula is C36H36ClN3O3. The molecule has 1 amide bonds. The molecular weight excluding hydrogens is 558 g/mol. The van der Waals surface area contributed by atoms with Gasteiger partial charge in [0.2, 0.25) is 0 Å². The summed E-state index contributed by atoms with van der Waals surface area (Å²) in [5.74, 6) is -1.09. The van der Waals surface area contributed by atoms with Crippen molar-refractivity contribution in [3.05, 3.63) is 123 Å². The molecule has 0 saturated heterocycles. The van der Waals surface area contributed by atoms with Crippen LogP contribution < -0.4 is 5.32 Å². The van der Waals surface area contributed by atoms with Gasteiger partial charge in [-0.05, 0) is 96.0 Å². The van der Waals surface area contributed by atoms with Gasteiger partial charge in [-0.25, -0.2) is 9.78 Å². The lowest BCUT2D eigenvalue weighted by Crippen LogP contribution is -2.26. The van der Waals surface area contributed by atoms with Crippen molar-refractivity contribution in [1.29, 1.82) is 0 Å². The molecule has 0 bridgehead atoms. The molecule has 5 rings (SSSR count). The average Bonchev–Trinajstić information content (AvgIpc) is 3.21. The lowest BCUT2D eigenvalue weighted by atomic mass is 9.84. The maximum absolute atomic E-state index is 13.1. The summed E-state index contributed by atoms with van der Waals surface area (Å²) in [6, 6.07) is 22.9. The first kappa shape index (κ1) is 30.1. The Hall–Kier alpha value is -4.42. The molecule has 1 atom stereocenters. The molecule has 0 radical (unpaired) electrons. The number of rotatable bonds is 7. The van der Waals surface area contributed by atoms with E-state index in [2.05, 4.69) is 61.6 Å². The van der Waals surface area contributed by atoms with E-state index in [0.29, 0.717) is 22.8 Å². The maximum Gasteiger partial charge on any atom is 0.336 e. The van der Waals surface area contributed by atoms with E-state index in [0.717, 1.165) is 50.0 Å². The zero-order valence-corrected chi connectivity index (χ0v) is 26.1. The van der Waals surface area contributed by atoms with Gasteiger partial charge in [0.1, 0.15) is 5.15 Å². The van der Waals surface area contributed by atoms with E-state index in [9.17, 15) is 14.7 Å². The number of halogens is 1. The molecule has 0 saturated carbocycles. The molecule has 7 heteroatoms. The highest BCUT2D eigenvalue weighted by atomic mass is 35.5. The van der Waals surface area contributed by atoms with Crippen LogP contribution in [0.5, 0.6) is 0 Å². The summed E-state index contributed by atoms with van der Waals surface area (Å²) < 4.78 is 2.26. The number of nitrogens with one attached hydrogen (secondary N) is 1. The number of nitrogens with zero attached hydrogens (tertiary/aromatic N) is 2. The van der Waals surface area contributed by atoms with E-state index in [1.165, 1.54) is 0 Å². The molecule has 0 aliphatic rings. The Morgan fingerprint density at radius 3 is 2.33 bits per heavy atom. The van der Waals surface area contributed by atoms with Gasteiger partial charge in [-0.15, -0.1) is 0 Å². The van der Waals surface area contributed by atoms with Crippen molar-refractivity contribution in [2.45, 2.75) is 59.5 Å². The Bertz CT molecular complexity index is 1830. The highest BCUT2D eigenvalue weighted by Gasteiger charge is 2.20. The number of aromatic nitrogens is 2. The Balaban J connectivity index is 1.40. The molecule has 220 valence electrons. The van der Waals surface area contributed by atoms with Crippen LogP contribution in [-0.4, -0.2) is 26.5 Å². The predicted octanol–water partition coefficient (Wildman–Crippen LogP) is 8.51. The molecule has 0 spiro atoms. The molecule has 3 aromatic carbocycles. The van der Waals surface area contributed by atoms with Crippen molar-refractivity contribution in [2.75, 3.05) is 0 Å². The van der Waals surface area contributed by atoms with E-state index >= 15 is 0 Å². The van der Waals surface area contributed by atoms with Crippen molar-refractivity contribution < 1.29 is 14.7 Å². The molecule has 0 aliphatic carbocycles. The third-order valence-corrected chi connectivity index (χ3v) is 8.44. The fourth-order valence-corrected chi connectivity index (χ4v) is 5.52. The van der Waals surface area contributed by atoms with Crippen LogP contribution in [0.1, 0.15) is 82.4 Å². The lowest BCUT2D eigenvalue weighted by Gasteiger charge is -2.21. The standard InChI is InChI=1S/C36H36ClN3O3/c1-21-23(3)40(32-15-11-26(17-30(21)32)34(41)39-22(2)27-12-16-33(37)38-19-27)20-24-7-9-25(10-8-24)31-18-28(36(4,5)6)13-14-29(31)35(42)43/h7-19,22H,20H2,1-6H3,(H,39,41)(H,42,43). The molecule has 6 nitrogen and oxygen atoms in total. The van der Waals surface area contributed by atoms with E-state index < -0.39 is 5.97 Å². The number of fused-ring (bicyclic) bond motifs is 1. The van der Waals surface area contributed by atoms with Crippen LogP contribution in [0.3, 0.4) is 0 Å². The highest BCUT2D eigenvalue weighted by Crippen LogP contribution is 2.32. The van der Waals surface area contributed by atoms with Crippen molar-refractivity contribution in [2.24, 2.45) is 0 Å². The molecule has 0 fully saturated rings. The van der Waals surface area contributed by atoms with Gasteiger partial charge in [-0.2, -0.15) is 0 Å². The molecule has 43 heavy (non-hydrogen) atoms. The van der Waals surface area contributed by atoms with E-state index in [4.69, 9.17) is 11.6 Å². The molecule has 1 unspecified atom stereocenters. The van der Waals surface area contributed by atoms with Crippen LogP contribution in [0.2, 0.25) is 5.15 Å². The number of aryl methyl sites for hydroxylation is 1. The van der Waals surface area contributed by atoms with Crippen LogP contribution in [0.25, 0.3) is 22.0 Å². The van der Waals surface area contributed by atoms with Gasteiger partial charge in [0.15, 0.2) is 0 Å². The van der Waals surface area contributed by atoms with E-state index in [-0.39, 0.29) is 17.4 Å². The van der Waals surface area contributed by atoms with Gasteiger partial charge in [0, 0.05) is 34.9 Å². The Labute approximate surface area is 257 Å². The SMILES string of the molecule is Cc1c(C)n(Cc2ccc(-c3cc(C(C)(C)C)ccc3C(=O)O)cc2)c2ccc(C(=O)NC(C)c3ccc(Cl)nc3)cc12. The van der Waals surface area contributed by atoms with Crippen LogP contribution in [0.4, 0.5) is 0 Å². The number of aromatic carboxylic acids is 1. The van der Waals surface area contributed by atoms with Crippen molar-refractivity contribution >= 4 is 34.4 Å². The average molecular weight is 594 g/mol. The molecule has 2 aromatic heterocycles. The monoisotopic (exact) mass is 593 g/mol. The zero-order valence-electron chi connectivity index (χ0n) is 25.3. The highest BCUT2D eigenvalue weighted by molar-refractivity contribution is 6.29. The summed E-state index contributed by atoms with van der Waals surface area (Å²) in [7, 11) is 0. The third kappa shape index (κ3) is 6.20. The number of carbonyl (C=O) groups excluding carboxylic acids is 1. The number of hydrogen-bond donors (Lipinski definition) is 2. The van der Waals surface area contributed by atoms with Gasteiger partial charge in [-0.1, -0.05) is 68.8 Å². The fourth-order valence-electron chi connectivity index (χ4n) is 5.41. The van der Waals surface area contributed by atoms with Crippen LogP contribution in [-0.2, 0) is 12.0 Å². The first-order chi connectivity index (χ1) is 20.3. The molecule has 2 heterocycles. The Morgan fingerprint density at radius 2 is 1.70 bits per heavy atom. The minimum Gasteiger partial charge on any atom is -0.478 e. The summed E-state index contributed by atoms with van der Waals surface area (Å²) >= 11 is 5.90. The van der Waals surface area contributed by atoms with Crippen LogP contribution in [0.15, 0.2) is 79.0 Å².